The number of carbonyl (C=O) groups is 1. The van der Waals surface area contributed by atoms with Crippen molar-refractivity contribution in [2.24, 2.45) is 17.3 Å². The Labute approximate surface area is 123 Å². The van der Waals surface area contributed by atoms with Crippen LogP contribution in [0.15, 0.2) is 10.6 Å². The summed E-state index contributed by atoms with van der Waals surface area (Å²) in [5, 5.41) is 2.82. The Hall–Kier alpha value is -0.260. The van der Waals surface area contributed by atoms with E-state index in [1.165, 1.54) is 0 Å². The van der Waals surface area contributed by atoms with Gasteiger partial charge in [0.2, 0.25) is 5.91 Å². The molecule has 0 aromatic carbocycles. The number of sulfone groups is 1. The lowest BCUT2D eigenvalue weighted by Gasteiger charge is -2.11. The van der Waals surface area contributed by atoms with E-state index in [2.05, 4.69) is 5.32 Å². The SMILES string of the molecule is CC1(C)C(C=C(Cl)Cl)C1C(=O)NC1CCS(=O)(=O)C1. The predicted molar refractivity (Wildman–Crippen MR) is 75.8 cm³/mol. The van der Waals surface area contributed by atoms with Gasteiger partial charge < -0.3 is 5.32 Å². The minimum atomic E-state index is -2.98. The fraction of sp³-hybridized carbons (Fsp3) is 0.750. The van der Waals surface area contributed by atoms with Crippen LogP contribution < -0.4 is 5.32 Å². The molecule has 1 heterocycles. The zero-order chi connectivity index (χ0) is 14.4. The van der Waals surface area contributed by atoms with Crippen LogP contribution in [0.2, 0.25) is 0 Å². The van der Waals surface area contributed by atoms with E-state index in [0.29, 0.717) is 6.42 Å². The molecule has 4 nitrogen and oxygen atoms in total. The Balaban J connectivity index is 1.97. The second-order valence-electron chi connectivity index (χ2n) is 5.89. The highest BCUT2D eigenvalue weighted by Crippen LogP contribution is 2.59. The lowest BCUT2D eigenvalue weighted by Crippen LogP contribution is -2.37. The second-order valence-corrected chi connectivity index (χ2v) is 9.13. The largest absolute Gasteiger partial charge is 0.352 e. The molecular formula is C12H17Cl2NO3S. The molecule has 19 heavy (non-hydrogen) atoms. The van der Waals surface area contributed by atoms with Crippen LogP contribution in [0, 0.1) is 17.3 Å². The van der Waals surface area contributed by atoms with Crippen molar-refractivity contribution in [3.05, 3.63) is 10.6 Å². The second kappa shape index (κ2) is 4.93. The lowest BCUT2D eigenvalue weighted by atomic mass is 10.1. The van der Waals surface area contributed by atoms with Crippen LogP contribution in [-0.2, 0) is 14.6 Å². The summed E-state index contributed by atoms with van der Waals surface area (Å²) in [4.78, 5) is 12.2. The van der Waals surface area contributed by atoms with Gasteiger partial charge in [-0.3, -0.25) is 4.79 Å². The molecule has 1 saturated heterocycles. The molecule has 2 fully saturated rings. The number of amides is 1. The van der Waals surface area contributed by atoms with Crippen molar-refractivity contribution in [3.8, 4) is 0 Å². The third-order valence-electron chi connectivity index (χ3n) is 4.08. The first-order valence-corrected chi connectivity index (χ1v) is 8.75. The van der Waals surface area contributed by atoms with Gasteiger partial charge >= 0.3 is 0 Å². The molecule has 0 bridgehead atoms. The van der Waals surface area contributed by atoms with Crippen molar-refractivity contribution >= 4 is 38.9 Å². The van der Waals surface area contributed by atoms with Crippen molar-refractivity contribution in [2.45, 2.75) is 26.3 Å². The summed E-state index contributed by atoms with van der Waals surface area (Å²) in [6, 6.07) is -0.259. The van der Waals surface area contributed by atoms with Gasteiger partial charge in [0.05, 0.1) is 17.4 Å². The van der Waals surface area contributed by atoms with Crippen molar-refractivity contribution in [2.75, 3.05) is 11.5 Å². The molecule has 3 atom stereocenters. The monoisotopic (exact) mass is 325 g/mol. The van der Waals surface area contributed by atoms with Gasteiger partial charge in [0.1, 0.15) is 4.49 Å². The normalized spacial score (nSPS) is 34.6. The van der Waals surface area contributed by atoms with Gasteiger partial charge in [-0.1, -0.05) is 37.0 Å². The Morgan fingerprint density at radius 1 is 1.37 bits per heavy atom. The summed E-state index contributed by atoms with van der Waals surface area (Å²) in [6.07, 6.45) is 2.18. The standard InChI is InChI=1S/C12H17Cl2NO3S/c1-12(2)8(5-9(13)14)10(12)11(16)15-7-3-4-19(17,18)6-7/h5,7-8,10H,3-4,6H2,1-2H3,(H,15,16). The first-order chi connectivity index (χ1) is 8.63. The minimum absolute atomic E-state index is 0.00973. The summed E-state index contributed by atoms with van der Waals surface area (Å²) in [5.74, 6) is -0.0901. The molecule has 1 saturated carbocycles. The van der Waals surface area contributed by atoms with E-state index in [-0.39, 0.29) is 45.2 Å². The molecule has 1 N–H and O–H groups in total. The van der Waals surface area contributed by atoms with Crippen LogP contribution in [-0.4, -0.2) is 31.9 Å². The average molecular weight is 326 g/mol. The molecule has 1 aliphatic carbocycles. The Kier molecular flexibility index (Phi) is 3.93. The molecular weight excluding hydrogens is 309 g/mol. The maximum atomic E-state index is 12.2. The number of carbonyl (C=O) groups excluding carboxylic acids is 1. The zero-order valence-electron chi connectivity index (χ0n) is 10.8. The smallest absolute Gasteiger partial charge is 0.224 e. The number of nitrogens with one attached hydrogen (secondary N) is 1. The summed E-state index contributed by atoms with van der Waals surface area (Å²) in [7, 11) is -2.98. The third kappa shape index (κ3) is 3.26. The van der Waals surface area contributed by atoms with Crippen LogP contribution in [0.25, 0.3) is 0 Å². The zero-order valence-corrected chi connectivity index (χ0v) is 13.1. The van der Waals surface area contributed by atoms with Gasteiger partial charge in [0.25, 0.3) is 0 Å². The van der Waals surface area contributed by atoms with E-state index >= 15 is 0 Å². The number of hydrogen-bond donors (Lipinski definition) is 1. The molecule has 2 aliphatic rings. The quantitative estimate of drug-likeness (QED) is 0.861. The molecule has 0 radical (unpaired) electrons. The summed E-state index contributed by atoms with van der Waals surface area (Å²) in [5.41, 5.74) is -0.184. The predicted octanol–water partition coefficient (Wildman–Crippen LogP) is 1.88. The van der Waals surface area contributed by atoms with Gasteiger partial charge in [0.15, 0.2) is 9.84 Å². The molecule has 0 aromatic rings. The summed E-state index contributed by atoms with van der Waals surface area (Å²) < 4.78 is 22.9. The van der Waals surface area contributed by atoms with Crippen LogP contribution in [0.3, 0.4) is 0 Å². The molecule has 3 unspecified atom stereocenters. The molecule has 1 aliphatic heterocycles. The first-order valence-electron chi connectivity index (χ1n) is 6.17. The van der Waals surface area contributed by atoms with Gasteiger partial charge in [-0.2, -0.15) is 0 Å². The summed E-state index contributed by atoms with van der Waals surface area (Å²) >= 11 is 11.3. The van der Waals surface area contributed by atoms with Crippen molar-refractivity contribution in [1.29, 1.82) is 0 Å². The minimum Gasteiger partial charge on any atom is -0.352 e. The topological polar surface area (TPSA) is 63.2 Å². The number of rotatable bonds is 3. The van der Waals surface area contributed by atoms with Gasteiger partial charge in [-0.25, -0.2) is 8.42 Å². The van der Waals surface area contributed by atoms with E-state index in [4.69, 9.17) is 23.2 Å². The maximum absolute atomic E-state index is 12.2. The fourth-order valence-corrected chi connectivity index (χ4v) is 4.77. The number of allylic oxidation sites excluding steroid dienone is 1. The highest BCUT2D eigenvalue weighted by molar-refractivity contribution is 7.91. The average Bonchev–Trinajstić information content (AvgIpc) is 2.59. The number of hydrogen-bond acceptors (Lipinski definition) is 3. The Morgan fingerprint density at radius 3 is 2.47 bits per heavy atom. The van der Waals surface area contributed by atoms with E-state index in [0.717, 1.165) is 0 Å². The molecule has 108 valence electrons. The third-order valence-corrected chi connectivity index (χ3v) is 6.10. The van der Waals surface area contributed by atoms with Crippen molar-refractivity contribution in [1.82, 2.24) is 5.32 Å². The van der Waals surface area contributed by atoms with Crippen LogP contribution in [0.1, 0.15) is 20.3 Å². The Morgan fingerprint density at radius 2 is 2.00 bits per heavy atom. The maximum Gasteiger partial charge on any atom is 0.224 e. The van der Waals surface area contributed by atoms with Crippen molar-refractivity contribution in [3.63, 3.8) is 0 Å². The molecule has 0 aromatic heterocycles. The number of halogens is 2. The molecule has 0 spiro atoms. The highest BCUT2D eigenvalue weighted by Gasteiger charge is 2.60. The van der Waals surface area contributed by atoms with Crippen LogP contribution >= 0.6 is 23.2 Å². The van der Waals surface area contributed by atoms with Gasteiger partial charge in [0, 0.05) is 6.04 Å². The van der Waals surface area contributed by atoms with E-state index < -0.39 is 9.84 Å². The fourth-order valence-electron chi connectivity index (χ4n) is 2.83. The Bertz CT molecular complexity index is 523. The highest BCUT2D eigenvalue weighted by atomic mass is 35.5. The lowest BCUT2D eigenvalue weighted by molar-refractivity contribution is -0.123. The van der Waals surface area contributed by atoms with Gasteiger partial charge in [-0.05, 0) is 23.8 Å². The van der Waals surface area contributed by atoms with Crippen LogP contribution in [0.5, 0.6) is 0 Å². The van der Waals surface area contributed by atoms with E-state index in [9.17, 15) is 13.2 Å². The van der Waals surface area contributed by atoms with Crippen molar-refractivity contribution < 1.29 is 13.2 Å². The summed E-state index contributed by atoms with van der Waals surface area (Å²) in [6.45, 7) is 3.95. The molecule has 7 heteroatoms. The molecule has 1 amide bonds. The van der Waals surface area contributed by atoms with Gasteiger partial charge in [-0.15, -0.1) is 0 Å². The van der Waals surface area contributed by atoms with Crippen LogP contribution in [0.4, 0.5) is 0 Å². The van der Waals surface area contributed by atoms with E-state index in [1.807, 2.05) is 13.8 Å². The molecule has 2 rings (SSSR count). The first kappa shape index (κ1) is 15.1. The van der Waals surface area contributed by atoms with E-state index in [1.54, 1.807) is 6.08 Å².